The second kappa shape index (κ2) is 5.20. The Morgan fingerprint density at radius 1 is 1.30 bits per heavy atom. The lowest BCUT2D eigenvalue weighted by atomic mass is 9.98. The number of rotatable bonds is 4. The highest BCUT2D eigenvalue weighted by Gasteiger charge is 2.45. The molecule has 2 nitrogen and oxygen atoms in total. The molecule has 6 heteroatoms. The van der Waals surface area contributed by atoms with Crippen LogP contribution in [0.2, 0.25) is 0 Å². The van der Waals surface area contributed by atoms with Gasteiger partial charge in [0.1, 0.15) is 5.38 Å². The van der Waals surface area contributed by atoms with Crippen molar-refractivity contribution in [1.29, 1.82) is 0 Å². The first-order valence-electron chi connectivity index (χ1n) is 6.11. The van der Waals surface area contributed by atoms with Crippen molar-refractivity contribution in [3.05, 3.63) is 35.4 Å². The monoisotopic (exact) mass is 304 g/mol. The number of alkyl halides is 4. The van der Waals surface area contributed by atoms with Crippen molar-refractivity contribution < 1.29 is 22.8 Å². The van der Waals surface area contributed by atoms with E-state index in [9.17, 15) is 22.8 Å². The summed E-state index contributed by atoms with van der Waals surface area (Å²) in [4.78, 5) is 23.7. The topological polar surface area (TPSA) is 34.1 Å². The van der Waals surface area contributed by atoms with Crippen LogP contribution in [0.25, 0.3) is 0 Å². The third-order valence-corrected chi connectivity index (χ3v) is 3.89. The molecule has 0 radical (unpaired) electrons. The van der Waals surface area contributed by atoms with Gasteiger partial charge in [0.2, 0.25) is 11.6 Å². The minimum absolute atomic E-state index is 0.105. The van der Waals surface area contributed by atoms with Gasteiger partial charge < -0.3 is 0 Å². The molecule has 20 heavy (non-hydrogen) atoms. The Bertz CT molecular complexity index is 554. The summed E-state index contributed by atoms with van der Waals surface area (Å²) >= 11 is 5.81. The van der Waals surface area contributed by atoms with Crippen LogP contribution in [0, 0.1) is 11.8 Å². The van der Waals surface area contributed by atoms with E-state index in [1.54, 1.807) is 0 Å². The van der Waals surface area contributed by atoms with Crippen LogP contribution in [0.1, 0.15) is 29.8 Å². The van der Waals surface area contributed by atoms with E-state index in [1.807, 2.05) is 6.92 Å². The van der Waals surface area contributed by atoms with Crippen LogP contribution < -0.4 is 0 Å². The molecule has 0 aromatic heterocycles. The molecule has 1 aliphatic rings. The highest BCUT2D eigenvalue weighted by atomic mass is 35.5. The van der Waals surface area contributed by atoms with Crippen LogP contribution in [-0.4, -0.2) is 11.6 Å². The third kappa shape index (κ3) is 2.87. The van der Waals surface area contributed by atoms with Crippen molar-refractivity contribution >= 4 is 23.2 Å². The zero-order chi connectivity index (χ0) is 15.1. The fourth-order valence-corrected chi connectivity index (χ4v) is 2.41. The summed E-state index contributed by atoms with van der Waals surface area (Å²) < 4.78 is 38.6. The minimum atomic E-state index is -4.61. The van der Waals surface area contributed by atoms with Gasteiger partial charge in [-0.2, -0.15) is 13.2 Å². The molecular formula is C14H12ClF3O2. The van der Waals surface area contributed by atoms with Crippen LogP contribution in [0.15, 0.2) is 24.3 Å². The fraction of sp³-hybridized carbons (Fsp3) is 0.429. The summed E-state index contributed by atoms with van der Waals surface area (Å²) in [6, 6.07) is 4.55. The lowest BCUT2D eigenvalue weighted by molar-refractivity contribution is -0.140. The van der Waals surface area contributed by atoms with Crippen LogP contribution in [0.4, 0.5) is 13.2 Å². The molecule has 2 rings (SSSR count). The van der Waals surface area contributed by atoms with Gasteiger partial charge in [0.25, 0.3) is 0 Å². The number of Topliss-reactive ketones (excluding diaryl/α,β-unsaturated/α-hetero) is 2. The van der Waals surface area contributed by atoms with Gasteiger partial charge in [-0.05, 0) is 24.0 Å². The van der Waals surface area contributed by atoms with Gasteiger partial charge >= 0.3 is 6.18 Å². The molecule has 1 fully saturated rings. The van der Waals surface area contributed by atoms with E-state index in [0.29, 0.717) is 6.42 Å². The van der Waals surface area contributed by atoms with Gasteiger partial charge in [-0.15, -0.1) is 11.6 Å². The first-order chi connectivity index (χ1) is 9.23. The van der Waals surface area contributed by atoms with Gasteiger partial charge in [0.05, 0.1) is 5.56 Å². The van der Waals surface area contributed by atoms with Crippen molar-refractivity contribution in [2.75, 3.05) is 0 Å². The van der Waals surface area contributed by atoms with Crippen molar-refractivity contribution in [3.8, 4) is 0 Å². The number of hydrogen-bond acceptors (Lipinski definition) is 2. The number of carbonyl (C=O) groups is 2. The summed E-state index contributed by atoms with van der Waals surface area (Å²) in [6.07, 6.45) is -4.02. The largest absolute Gasteiger partial charge is 0.416 e. The van der Waals surface area contributed by atoms with E-state index >= 15 is 0 Å². The maximum Gasteiger partial charge on any atom is 0.416 e. The van der Waals surface area contributed by atoms with Crippen LogP contribution in [-0.2, 0) is 15.8 Å². The Morgan fingerprint density at radius 2 is 1.85 bits per heavy atom. The standard InChI is InChI=1S/C14H12ClF3O2/c1-7-6-9(7)12(19)13(20)11(15)8-4-2-3-5-10(8)14(16,17)18/h2-5,7,9,11H,6H2,1H3. The minimum Gasteiger partial charge on any atom is -0.290 e. The predicted octanol–water partition coefficient (Wildman–Crippen LogP) is 3.78. The van der Waals surface area contributed by atoms with E-state index in [1.165, 1.54) is 12.1 Å². The lowest BCUT2D eigenvalue weighted by Crippen LogP contribution is -2.23. The Morgan fingerprint density at radius 3 is 2.35 bits per heavy atom. The van der Waals surface area contributed by atoms with Crippen molar-refractivity contribution in [2.24, 2.45) is 11.8 Å². The quantitative estimate of drug-likeness (QED) is 0.626. The van der Waals surface area contributed by atoms with Crippen molar-refractivity contribution in [1.82, 2.24) is 0 Å². The van der Waals surface area contributed by atoms with E-state index in [0.717, 1.165) is 12.1 Å². The summed E-state index contributed by atoms with van der Waals surface area (Å²) in [7, 11) is 0. The van der Waals surface area contributed by atoms with E-state index in [2.05, 4.69) is 0 Å². The van der Waals surface area contributed by atoms with E-state index in [-0.39, 0.29) is 17.4 Å². The Kier molecular flexibility index (Phi) is 3.91. The van der Waals surface area contributed by atoms with Gasteiger partial charge in [-0.3, -0.25) is 9.59 Å². The summed E-state index contributed by atoms with van der Waals surface area (Å²) in [5.41, 5.74) is -1.35. The molecule has 1 saturated carbocycles. The summed E-state index contributed by atoms with van der Waals surface area (Å²) in [5.74, 6) is -1.91. The normalized spacial score (nSPS) is 23.2. The number of halogens is 4. The molecule has 0 amide bonds. The maximum absolute atomic E-state index is 12.9. The van der Waals surface area contributed by atoms with Gasteiger partial charge in [0, 0.05) is 5.92 Å². The molecule has 0 bridgehead atoms. The molecule has 3 atom stereocenters. The third-order valence-electron chi connectivity index (χ3n) is 3.46. The Hall–Kier alpha value is -1.36. The number of ketones is 2. The molecule has 0 aliphatic heterocycles. The fourth-order valence-electron chi connectivity index (χ4n) is 2.11. The van der Waals surface area contributed by atoms with Crippen molar-refractivity contribution in [2.45, 2.75) is 24.9 Å². The first-order valence-corrected chi connectivity index (χ1v) is 6.55. The number of carbonyl (C=O) groups excluding carboxylic acids is 2. The second-order valence-electron chi connectivity index (χ2n) is 5.00. The highest BCUT2D eigenvalue weighted by Crippen LogP contribution is 2.41. The van der Waals surface area contributed by atoms with E-state index < -0.39 is 28.7 Å². The number of benzene rings is 1. The second-order valence-corrected chi connectivity index (χ2v) is 5.43. The smallest absolute Gasteiger partial charge is 0.290 e. The zero-order valence-electron chi connectivity index (χ0n) is 10.6. The van der Waals surface area contributed by atoms with Crippen molar-refractivity contribution in [3.63, 3.8) is 0 Å². The maximum atomic E-state index is 12.9. The lowest BCUT2D eigenvalue weighted by Gasteiger charge is -2.15. The van der Waals surface area contributed by atoms with Crippen LogP contribution >= 0.6 is 11.6 Å². The molecule has 3 unspecified atom stereocenters. The Balaban J connectivity index is 2.27. The van der Waals surface area contributed by atoms with Crippen LogP contribution in [0.3, 0.4) is 0 Å². The average Bonchev–Trinajstić information content (AvgIpc) is 3.12. The molecule has 108 valence electrons. The van der Waals surface area contributed by atoms with E-state index in [4.69, 9.17) is 11.6 Å². The molecule has 0 heterocycles. The van der Waals surface area contributed by atoms with Gasteiger partial charge in [0.15, 0.2) is 0 Å². The Labute approximate surface area is 118 Å². The molecule has 1 aromatic carbocycles. The summed E-state index contributed by atoms with van der Waals surface area (Å²) in [6.45, 7) is 1.81. The summed E-state index contributed by atoms with van der Waals surface area (Å²) in [5, 5.41) is -1.59. The van der Waals surface area contributed by atoms with Gasteiger partial charge in [-0.25, -0.2) is 0 Å². The highest BCUT2D eigenvalue weighted by molar-refractivity contribution is 6.50. The van der Waals surface area contributed by atoms with Gasteiger partial charge in [-0.1, -0.05) is 25.1 Å². The molecule has 0 saturated heterocycles. The molecule has 1 aliphatic carbocycles. The number of hydrogen-bond donors (Lipinski definition) is 0. The first kappa shape index (κ1) is 15.0. The molecular weight excluding hydrogens is 293 g/mol. The van der Waals surface area contributed by atoms with Crippen LogP contribution in [0.5, 0.6) is 0 Å². The molecule has 0 N–H and O–H groups in total. The molecule has 1 aromatic rings. The zero-order valence-corrected chi connectivity index (χ0v) is 11.3. The SMILES string of the molecule is CC1CC1C(=O)C(=O)C(Cl)c1ccccc1C(F)(F)F. The predicted molar refractivity (Wildman–Crippen MR) is 67.3 cm³/mol. The molecule has 0 spiro atoms. The average molecular weight is 305 g/mol.